The lowest BCUT2D eigenvalue weighted by molar-refractivity contribution is -0.145. The molecule has 1 aromatic carbocycles. The number of hydrogen-bond donors (Lipinski definition) is 2. The predicted octanol–water partition coefficient (Wildman–Crippen LogP) is 3.21. The predicted molar refractivity (Wildman–Crippen MR) is 96.9 cm³/mol. The first-order valence-corrected chi connectivity index (χ1v) is 8.56. The Morgan fingerprint density at radius 2 is 1.88 bits per heavy atom. The molecule has 0 saturated carbocycles. The summed E-state index contributed by atoms with van der Waals surface area (Å²) in [5, 5.41) is 9.64. The number of esters is 1. The number of hydrogen-bond acceptors (Lipinski definition) is 4. The maximum atomic E-state index is 11.5. The average Bonchev–Trinajstić information content (AvgIpc) is 2.88. The molecule has 2 N–H and O–H groups in total. The van der Waals surface area contributed by atoms with Gasteiger partial charge in [0.25, 0.3) is 0 Å². The van der Waals surface area contributed by atoms with Crippen molar-refractivity contribution in [2.75, 3.05) is 6.54 Å². The summed E-state index contributed by atoms with van der Waals surface area (Å²) < 4.78 is 5.12. The molecule has 25 heavy (non-hydrogen) atoms. The first-order valence-electron chi connectivity index (χ1n) is 8.56. The molecule has 0 aliphatic carbocycles. The van der Waals surface area contributed by atoms with Crippen LogP contribution in [0.1, 0.15) is 39.7 Å². The lowest BCUT2D eigenvalue weighted by Gasteiger charge is -2.30. The Morgan fingerprint density at radius 1 is 1.20 bits per heavy atom. The van der Waals surface area contributed by atoms with Crippen LogP contribution in [0.3, 0.4) is 0 Å². The van der Waals surface area contributed by atoms with Crippen LogP contribution in [-0.2, 0) is 16.0 Å². The van der Waals surface area contributed by atoms with E-state index >= 15 is 0 Å². The minimum absolute atomic E-state index is 0.365. The maximum Gasteiger partial charge on any atom is 0.322 e. The molecular formula is C19H26N2O4. The molecule has 0 spiro atoms. The molecule has 2 rings (SSSR count). The first kappa shape index (κ1) is 19.0. The van der Waals surface area contributed by atoms with Crippen LogP contribution in [0.25, 0.3) is 10.9 Å². The Morgan fingerprint density at radius 3 is 2.48 bits per heavy atom. The molecule has 0 atom stereocenters. The van der Waals surface area contributed by atoms with Crippen molar-refractivity contribution in [2.24, 2.45) is 0 Å². The van der Waals surface area contributed by atoms with Crippen molar-refractivity contribution in [2.45, 2.75) is 52.6 Å². The smallest absolute Gasteiger partial charge is 0.322 e. The Labute approximate surface area is 147 Å². The summed E-state index contributed by atoms with van der Waals surface area (Å²) in [6, 6.07) is 6.23. The van der Waals surface area contributed by atoms with Crippen molar-refractivity contribution < 1.29 is 19.4 Å². The van der Waals surface area contributed by atoms with E-state index < -0.39 is 18.4 Å². The molecule has 0 bridgehead atoms. The highest BCUT2D eigenvalue weighted by molar-refractivity contribution is 5.92. The number of ether oxygens (including phenoxy) is 1. The van der Waals surface area contributed by atoms with Crippen LogP contribution >= 0.6 is 0 Å². The van der Waals surface area contributed by atoms with Gasteiger partial charge in [-0.3, -0.25) is 14.5 Å². The Balaban J connectivity index is 2.14. The summed E-state index contributed by atoms with van der Waals surface area (Å²) >= 11 is 0. The number of nitrogens with one attached hydrogen (secondary N) is 1. The van der Waals surface area contributed by atoms with Gasteiger partial charge in [0.15, 0.2) is 0 Å². The number of aromatic nitrogens is 1. The third-order valence-corrected chi connectivity index (χ3v) is 4.23. The van der Waals surface area contributed by atoms with Crippen LogP contribution in [0.2, 0.25) is 0 Å². The number of aromatic amines is 1. The van der Waals surface area contributed by atoms with Gasteiger partial charge in [-0.25, -0.2) is 0 Å². The number of nitrogens with zero attached hydrogens (tertiary/aromatic N) is 1. The minimum atomic E-state index is -1.20. The van der Waals surface area contributed by atoms with E-state index in [9.17, 15) is 9.59 Å². The van der Waals surface area contributed by atoms with Gasteiger partial charge in [-0.2, -0.15) is 0 Å². The van der Waals surface area contributed by atoms with Crippen LogP contribution in [0.4, 0.5) is 0 Å². The van der Waals surface area contributed by atoms with E-state index in [1.165, 1.54) is 0 Å². The zero-order valence-electron chi connectivity index (χ0n) is 15.2. The van der Waals surface area contributed by atoms with Gasteiger partial charge in [0.2, 0.25) is 0 Å². The highest BCUT2D eigenvalue weighted by Gasteiger charge is 2.15. The number of benzene rings is 1. The summed E-state index contributed by atoms with van der Waals surface area (Å²) in [4.78, 5) is 27.8. The van der Waals surface area contributed by atoms with Crippen LogP contribution in [0, 0.1) is 0 Å². The molecule has 0 unspecified atom stereocenters. The molecule has 0 aliphatic rings. The van der Waals surface area contributed by atoms with E-state index in [2.05, 4.69) is 37.6 Å². The molecule has 1 aromatic heterocycles. The number of carbonyl (C=O) groups excluding carboxylic acids is 1. The fourth-order valence-electron chi connectivity index (χ4n) is 3.08. The topological polar surface area (TPSA) is 82.6 Å². The molecule has 0 aliphatic heterocycles. The number of aliphatic carboxylic acids is 1. The fourth-order valence-corrected chi connectivity index (χ4v) is 3.08. The number of fused-ring (bicyclic) bond motifs is 1. The van der Waals surface area contributed by atoms with Gasteiger partial charge in [0.05, 0.1) is 0 Å². The monoisotopic (exact) mass is 346 g/mol. The Hall–Kier alpha value is -2.34. The van der Waals surface area contributed by atoms with Crippen LogP contribution < -0.4 is 4.74 Å². The molecule has 0 saturated heterocycles. The van der Waals surface area contributed by atoms with E-state index in [0.717, 1.165) is 29.4 Å². The Kier molecular flexibility index (Phi) is 6.20. The molecule has 6 nitrogen and oxygen atoms in total. The molecule has 6 heteroatoms. The van der Waals surface area contributed by atoms with Gasteiger partial charge in [-0.1, -0.05) is 0 Å². The van der Waals surface area contributed by atoms with E-state index in [0.29, 0.717) is 17.8 Å². The summed E-state index contributed by atoms with van der Waals surface area (Å²) in [6.07, 6.45) is 2.21. The molecule has 2 aromatic rings. The Bertz CT molecular complexity index is 741. The largest absolute Gasteiger partial charge is 0.481 e. The third-order valence-electron chi connectivity index (χ3n) is 4.23. The van der Waals surface area contributed by atoms with Crippen molar-refractivity contribution in [3.63, 3.8) is 0 Å². The maximum absolute atomic E-state index is 11.5. The second-order valence-electron chi connectivity index (χ2n) is 6.74. The third kappa shape index (κ3) is 5.06. The number of carboxylic acids is 1. The van der Waals surface area contributed by atoms with Crippen molar-refractivity contribution in [3.8, 4) is 5.75 Å². The molecular weight excluding hydrogens is 320 g/mol. The van der Waals surface area contributed by atoms with E-state index in [1.54, 1.807) is 12.1 Å². The van der Waals surface area contributed by atoms with Gasteiger partial charge >= 0.3 is 11.9 Å². The standard InChI is InChI=1S/C19H26N2O4/c1-12(2)21(13(3)4)8-7-14-11-20-17-6-5-15(9-16(14)17)25-19(24)10-18(22)23/h5-6,9,11-13,20H,7-8,10H2,1-4H3,(H,22,23). The average molecular weight is 346 g/mol. The molecule has 0 fully saturated rings. The zero-order chi connectivity index (χ0) is 18.6. The van der Waals surface area contributed by atoms with Gasteiger partial charge < -0.3 is 14.8 Å². The summed E-state index contributed by atoms with van der Waals surface area (Å²) in [5.41, 5.74) is 2.12. The SMILES string of the molecule is CC(C)N(CCc1c[nH]c2ccc(OC(=O)CC(=O)O)cc12)C(C)C. The number of carbonyl (C=O) groups is 2. The second-order valence-corrected chi connectivity index (χ2v) is 6.74. The van der Waals surface area contributed by atoms with Crippen molar-refractivity contribution in [1.82, 2.24) is 9.88 Å². The number of rotatable bonds is 8. The van der Waals surface area contributed by atoms with E-state index in [1.807, 2.05) is 12.3 Å². The normalized spacial score (nSPS) is 11.6. The minimum Gasteiger partial charge on any atom is -0.481 e. The summed E-state index contributed by atoms with van der Waals surface area (Å²) in [5.74, 6) is -1.60. The van der Waals surface area contributed by atoms with E-state index in [-0.39, 0.29) is 0 Å². The lowest BCUT2D eigenvalue weighted by Crippen LogP contribution is -2.38. The van der Waals surface area contributed by atoms with Crippen molar-refractivity contribution in [1.29, 1.82) is 0 Å². The lowest BCUT2D eigenvalue weighted by atomic mass is 10.1. The van der Waals surface area contributed by atoms with Crippen LogP contribution in [-0.4, -0.2) is 45.6 Å². The fraction of sp³-hybridized carbons (Fsp3) is 0.474. The number of carboxylic acid groups (broad SMARTS) is 1. The summed E-state index contributed by atoms with van der Waals surface area (Å²) in [7, 11) is 0. The first-order chi connectivity index (χ1) is 11.8. The zero-order valence-corrected chi connectivity index (χ0v) is 15.2. The molecule has 0 amide bonds. The summed E-state index contributed by atoms with van der Waals surface area (Å²) in [6.45, 7) is 9.69. The molecule has 0 radical (unpaired) electrons. The molecule has 136 valence electrons. The van der Waals surface area contributed by atoms with Gasteiger partial charge in [0.1, 0.15) is 12.2 Å². The second kappa shape index (κ2) is 8.16. The van der Waals surface area contributed by atoms with Crippen LogP contribution in [0.5, 0.6) is 5.75 Å². The molecule has 1 heterocycles. The number of H-pyrrole nitrogens is 1. The van der Waals surface area contributed by atoms with Gasteiger partial charge in [0, 0.05) is 35.7 Å². The van der Waals surface area contributed by atoms with Crippen molar-refractivity contribution >= 4 is 22.8 Å². The highest BCUT2D eigenvalue weighted by Crippen LogP contribution is 2.25. The van der Waals surface area contributed by atoms with E-state index in [4.69, 9.17) is 9.84 Å². The van der Waals surface area contributed by atoms with Crippen LogP contribution in [0.15, 0.2) is 24.4 Å². The van der Waals surface area contributed by atoms with Crippen molar-refractivity contribution in [3.05, 3.63) is 30.0 Å². The van der Waals surface area contributed by atoms with Gasteiger partial charge in [-0.05, 0) is 57.9 Å². The highest BCUT2D eigenvalue weighted by atomic mass is 16.5. The quantitative estimate of drug-likeness (QED) is 0.436. The van der Waals surface area contributed by atoms with Gasteiger partial charge in [-0.15, -0.1) is 0 Å².